The summed E-state index contributed by atoms with van der Waals surface area (Å²) in [5.74, 6) is -0.454. The molecule has 0 spiro atoms. The van der Waals surface area contributed by atoms with Gasteiger partial charge in [0.05, 0.1) is 5.52 Å². The van der Waals surface area contributed by atoms with Crippen molar-refractivity contribution >= 4 is 23.7 Å². The Kier molecular flexibility index (Phi) is 5.19. The molecule has 0 radical (unpaired) electrons. The first kappa shape index (κ1) is 18.6. The van der Waals surface area contributed by atoms with E-state index in [9.17, 15) is 14.4 Å². The van der Waals surface area contributed by atoms with Gasteiger partial charge in [-0.25, -0.2) is 4.98 Å². The zero-order chi connectivity index (χ0) is 20.2. The molecule has 9 heteroatoms. The van der Waals surface area contributed by atoms with Gasteiger partial charge in [-0.15, -0.1) is 0 Å². The van der Waals surface area contributed by atoms with Crippen LogP contribution in [0.3, 0.4) is 0 Å². The molecule has 3 aromatic heterocycles. The van der Waals surface area contributed by atoms with Gasteiger partial charge in [-0.1, -0.05) is 6.07 Å². The van der Waals surface area contributed by atoms with Crippen molar-refractivity contribution < 1.29 is 14.4 Å². The first-order valence-electron chi connectivity index (χ1n) is 9.30. The van der Waals surface area contributed by atoms with Crippen LogP contribution in [-0.4, -0.2) is 68.6 Å². The number of hydrogen-bond acceptors (Lipinski definition) is 5. The Bertz CT molecular complexity index is 1040. The summed E-state index contributed by atoms with van der Waals surface area (Å²) in [5, 5.41) is 2.83. The SMILES string of the molecule is O=CN1CCN(C(=O)c2nc(C(=O)NCc3ccncc3)n3ccccc23)CC1. The number of aromatic nitrogens is 3. The molecule has 1 aliphatic rings. The Morgan fingerprint density at radius 3 is 2.55 bits per heavy atom. The van der Waals surface area contributed by atoms with E-state index in [4.69, 9.17) is 0 Å². The second-order valence-corrected chi connectivity index (χ2v) is 6.71. The summed E-state index contributed by atoms with van der Waals surface area (Å²) in [4.78, 5) is 48.3. The zero-order valence-corrected chi connectivity index (χ0v) is 15.7. The summed E-state index contributed by atoms with van der Waals surface area (Å²) in [6.45, 7) is 2.18. The standard InChI is InChI=1S/C20H20N6O3/c27-14-24-9-11-25(12-10-24)20(29)17-16-3-1-2-8-26(16)18(23-17)19(28)22-13-15-4-6-21-7-5-15/h1-8,14H,9-13H2,(H,22,28). The Balaban J connectivity index is 1.57. The molecule has 1 aliphatic heterocycles. The molecule has 3 aromatic rings. The first-order chi connectivity index (χ1) is 14.2. The lowest BCUT2D eigenvalue weighted by Gasteiger charge is -2.32. The topological polar surface area (TPSA) is 99.9 Å². The first-order valence-corrected chi connectivity index (χ1v) is 9.30. The lowest BCUT2D eigenvalue weighted by Crippen LogP contribution is -2.48. The highest BCUT2D eigenvalue weighted by Gasteiger charge is 2.27. The Hall–Kier alpha value is -3.75. The molecule has 148 valence electrons. The summed E-state index contributed by atoms with van der Waals surface area (Å²) in [7, 11) is 0. The molecule has 3 amide bonds. The van der Waals surface area contributed by atoms with Crippen molar-refractivity contribution in [2.75, 3.05) is 26.2 Å². The van der Waals surface area contributed by atoms with Crippen molar-refractivity contribution in [2.24, 2.45) is 0 Å². The quantitative estimate of drug-likeness (QED) is 0.640. The minimum Gasteiger partial charge on any atom is -0.345 e. The maximum Gasteiger partial charge on any atom is 0.287 e. The molecule has 29 heavy (non-hydrogen) atoms. The second kappa shape index (κ2) is 8.09. The van der Waals surface area contributed by atoms with E-state index >= 15 is 0 Å². The van der Waals surface area contributed by atoms with Crippen molar-refractivity contribution in [3.63, 3.8) is 0 Å². The average Bonchev–Trinajstić information content (AvgIpc) is 3.17. The fourth-order valence-electron chi connectivity index (χ4n) is 3.30. The lowest BCUT2D eigenvalue weighted by molar-refractivity contribution is -0.119. The van der Waals surface area contributed by atoms with Crippen LogP contribution >= 0.6 is 0 Å². The molecule has 4 rings (SSSR count). The van der Waals surface area contributed by atoms with E-state index in [0.717, 1.165) is 12.0 Å². The molecule has 4 heterocycles. The van der Waals surface area contributed by atoms with E-state index in [1.165, 1.54) is 0 Å². The van der Waals surface area contributed by atoms with E-state index in [2.05, 4.69) is 15.3 Å². The number of nitrogens with zero attached hydrogens (tertiary/aromatic N) is 5. The van der Waals surface area contributed by atoms with Gasteiger partial charge in [0.1, 0.15) is 0 Å². The van der Waals surface area contributed by atoms with Gasteiger partial charge in [0.25, 0.3) is 11.8 Å². The van der Waals surface area contributed by atoms with Crippen LogP contribution in [0.1, 0.15) is 26.7 Å². The second-order valence-electron chi connectivity index (χ2n) is 6.71. The number of piperazine rings is 1. The van der Waals surface area contributed by atoms with E-state index < -0.39 is 0 Å². The van der Waals surface area contributed by atoms with Gasteiger partial charge >= 0.3 is 0 Å². The average molecular weight is 392 g/mol. The monoisotopic (exact) mass is 392 g/mol. The van der Waals surface area contributed by atoms with Gasteiger partial charge < -0.3 is 15.1 Å². The molecular weight excluding hydrogens is 372 g/mol. The summed E-state index contributed by atoms with van der Waals surface area (Å²) >= 11 is 0. The summed E-state index contributed by atoms with van der Waals surface area (Å²) < 4.78 is 1.62. The van der Waals surface area contributed by atoms with Gasteiger partial charge in [0, 0.05) is 51.3 Å². The van der Waals surface area contributed by atoms with Crippen LogP contribution in [0.25, 0.3) is 5.52 Å². The smallest absolute Gasteiger partial charge is 0.287 e. The summed E-state index contributed by atoms with van der Waals surface area (Å²) in [6.07, 6.45) is 5.82. The number of hydrogen-bond donors (Lipinski definition) is 1. The van der Waals surface area contributed by atoms with Crippen LogP contribution in [-0.2, 0) is 11.3 Å². The third-order valence-electron chi connectivity index (χ3n) is 4.91. The molecular formula is C20H20N6O3. The molecule has 0 unspecified atom stereocenters. The number of imidazole rings is 1. The number of nitrogens with one attached hydrogen (secondary N) is 1. The van der Waals surface area contributed by atoms with Crippen LogP contribution in [0.2, 0.25) is 0 Å². The maximum absolute atomic E-state index is 13.0. The predicted octanol–water partition coefficient (Wildman–Crippen LogP) is 0.574. The number of fused-ring (bicyclic) bond motifs is 1. The fourth-order valence-corrected chi connectivity index (χ4v) is 3.30. The van der Waals surface area contributed by atoms with E-state index in [1.807, 2.05) is 12.1 Å². The van der Waals surface area contributed by atoms with Crippen LogP contribution in [0, 0.1) is 0 Å². The zero-order valence-electron chi connectivity index (χ0n) is 15.7. The van der Waals surface area contributed by atoms with Gasteiger partial charge in [-0.3, -0.25) is 23.8 Å². The van der Waals surface area contributed by atoms with E-state index in [1.54, 1.807) is 51.0 Å². The Morgan fingerprint density at radius 1 is 1.07 bits per heavy atom. The van der Waals surface area contributed by atoms with Gasteiger partial charge in [-0.05, 0) is 29.8 Å². The number of rotatable bonds is 5. The fraction of sp³-hybridized carbons (Fsp3) is 0.250. The third-order valence-corrected chi connectivity index (χ3v) is 4.91. The Labute approximate surface area is 167 Å². The minimum absolute atomic E-state index is 0.157. The minimum atomic E-state index is -0.368. The van der Waals surface area contributed by atoms with Crippen LogP contribution in [0.5, 0.6) is 0 Å². The third kappa shape index (κ3) is 3.79. The van der Waals surface area contributed by atoms with Crippen LogP contribution in [0.4, 0.5) is 0 Å². The predicted molar refractivity (Wildman–Crippen MR) is 104 cm³/mol. The number of carbonyl (C=O) groups is 3. The van der Waals surface area contributed by atoms with Crippen molar-refractivity contribution in [1.29, 1.82) is 0 Å². The molecule has 0 aromatic carbocycles. The maximum atomic E-state index is 13.0. The number of carbonyl (C=O) groups excluding carboxylic acids is 3. The molecule has 0 atom stereocenters. The highest BCUT2D eigenvalue weighted by molar-refractivity contribution is 6.02. The number of pyridine rings is 2. The van der Waals surface area contributed by atoms with E-state index in [-0.39, 0.29) is 23.3 Å². The van der Waals surface area contributed by atoms with Crippen molar-refractivity contribution in [3.8, 4) is 0 Å². The molecule has 9 nitrogen and oxygen atoms in total. The molecule has 1 saturated heterocycles. The highest BCUT2D eigenvalue weighted by atomic mass is 16.2. The molecule has 0 saturated carbocycles. The van der Waals surface area contributed by atoms with Gasteiger partial charge in [-0.2, -0.15) is 0 Å². The molecule has 0 aliphatic carbocycles. The van der Waals surface area contributed by atoms with Crippen molar-refractivity contribution in [2.45, 2.75) is 6.54 Å². The van der Waals surface area contributed by atoms with Crippen molar-refractivity contribution in [1.82, 2.24) is 29.5 Å². The molecule has 1 N–H and O–H groups in total. The largest absolute Gasteiger partial charge is 0.345 e. The van der Waals surface area contributed by atoms with Gasteiger partial charge in [0.2, 0.25) is 12.2 Å². The van der Waals surface area contributed by atoms with Crippen molar-refractivity contribution in [3.05, 3.63) is 66.0 Å². The van der Waals surface area contributed by atoms with E-state index in [0.29, 0.717) is 38.2 Å². The summed E-state index contributed by atoms with van der Waals surface area (Å²) in [6, 6.07) is 8.99. The summed E-state index contributed by atoms with van der Waals surface area (Å²) in [5.41, 5.74) is 1.72. The molecule has 1 fully saturated rings. The lowest BCUT2D eigenvalue weighted by atomic mass is 10.2. The number of amides is 3. The van der Waals surface area contributed by atoms with Gasteiger partial charge in [0.15, 0.2) is 5.69 Å². The highest BCUT2D eigenvalue weighted by Crippen LogP contribution is 2.16. The molecule has 0 bridgehead atoms. The normalized spacial score (nSPS) is 14.1. The Morgan fingerprint density at radius 2 is 1.83 bits per heavy atom. The van der Waals surface area contributed by atoms with Crippen LogP contribution in [0.15, 0.2) is 48.9 Å². The van der Waals surface area contributed by atoms with Crippen LogP contribution < -0.4 is 5.32 Å².